The normalized spacial score (nSPS) is 14.8. The van der Waals surface area contributed by atoms with Crippen molar-refractivity contribution in [3.63, 3.8) is 0 Å². The number of para-hydroxylation sites is 1. The van der Waals surface area contributed by atoms with Crippen LogP contribution in [-0.2, 0) is 11.3 Å². The van der Waals surface area contributed by atoms with E-state index in [0.29, 0.717) is 17.1 Å². The highest BCUT2D eigenvalue weighted by Gasteiger charge is 2.30. The number of hydrogen-bond donors (Lipinski definition) is 3. The Bertz CT molecular complexity index is 1200. The van der Waals surface area contributed by atoms with E-state index in [1.54, 1.807) is 19.4 Å². The molecule has 1 saturated carbocycles. The van der Waals surface area contributed by atoms with E-state index in [0.717, 1.165) is 48.7 Å². The maximum Gasteiger partial charge on any atom is 0.254 e. The van der Waals surface area contributed by atoms with Gasteiger partial charge in [-0.25, -0.2) is 4.98 Å². The van der Waals surface area contributed by atoms with Crippen LogP contribution in [0.25, 0.3) is 11.4 Å². The van der Waals surface area contributed by atoms with Gasteiger partial charge in [-0.3, -0.25) is 9.59 Å². The Morgan fingerprint density at radius 1 is 1.16 bits per heavy atom. The standard InChI is InChI=1S/C22H24N8O2/c1-23-22(32)15-11-24-18(27-21(31)13-6-7-13)10-17(15)26-16-5-3-4-14-19(16)29(2)8-9-30-12-25-28-20(14)30/h3-5,10-13H,6-9H2,1-2H3,(H,23,32)(H2,24,26,27,31). The number of pyridine rings is 1. The van der Waals surface area contributed by atoms with Crippen LogP contribution in [-0.4, -0.2) is 52.2 Å². The first kappa shape index (κ1) is 20.0. The van der Waals surface area contributed by atoms with Crippen molar-refractivity contribution in [1.82, 2.24) is 25.1 Å². The van der Waals surface area contributed by atoms with Gasteiger partial charge in [0.15, 0.2) is 5.82 Å². The van der Waals surface area contributed by atoms with E-state index in [4.69, 9.17) is 0 Å². The maximum absolute atomic E-state index is 12.5. The quantitative estimate of drug-likeness (QED) is 0.566. The molecule has 32 heavy (non-hydrogen) atoms. The van der Waals surface area contributed by atoms with Crippen LogP contribution in [0.3, 0.4) is 0 Å². The van der Waals surface area contributed by atoms with Gasteiger partial charge in [-0.1, -0.05) is 6.07 Å². The van der Waals surface area contributed by atoms with E-state index in [1.165, 1.54) is 6.20 Å². The van der Waals surface area contributed by atoms with Gasteiger partial charge in [-0.05, 0) is 25.0 Å². The number of nitrogens with one attached hydrogen (secondary N) is 3. The maximum atomic E-state index is 12.5. The topological polar surface area (TPSA) is 117 Å². The van der Waals surface area contributed by atoms with Gasteiger partial charge in [0.05, 0.1) is 22.6 Å². The highest BCUT2D eigenvalue weighted by Crippen LogP contribution is 2.39. The molecule has 0 bridgehead atoms. The summed E-state index contributed by atoms with van der Waals surface area (Å²) >= 11 is 0. The number of carbonyl (C=O) groups excluding carboxylic acids is 2. The van der Waals surface area contributed by atoms with Crippen molar-refractivity contribution >= 4 is 34.7 Å². The lowest BCUT2D eigenvalue weighted by Crippen LogP contribution is -2.22. The summed E-state index contributed by atoms with van der Waals surface area (Å²) in [6.45, 7) is 1.54. The molecule has 1 aliphatic heterocycles. The summed E-state index contributed by atoms with van der Waals surface area (Å²) < 4.78 is 2.03. The Morgan fingerprint density at radius 3 is 2.78 bits per heavy atom. The first-order valence-corrected chi connectivity index (χ1v) is 10.6. The Hall–Kier alpha value is -3.95. The Labute approximate surface area is 185 Å². The average Bonchev–Trinajstić information content (AvgIpc) is 3.57. The van der Waals surface area contributed by atoms with Crippen molar-refractivity contribution in [2.45, 2.75) is 19.4 Å². The molecule has 0 radical (unpaired) electrons. The van der Waals surface area contributed by atoms with Crippen LogP contribution < -0.4 is 20.9 Å². The number of hydrogen-bond acceptors (Lipinski definition) is 7. The van der Waals surface area contributed by atoms with Gasteiger partial charge in [-0.2, -0.15) is 0 Å². The number of likely N-dealkylation sites (N-methyl/N-ethyl adjacent to an activating group) is 1. The number of benzene rings is 1. The van der Waals surface area contributed by atoms with Crippen LogP contribution in [0.1, 0.15) is 23.2 Å². The molecule has 0 unspecified atom stereocenters. The van der Waals surface area contributed by atoms with Crippen molar-refractivity contribution in [2.24, 2.45) is 5.92 Å². The van der Waals surface area contributed by atoms with Gasteiger partial charge in [0.1, 0.15) is 12.1 Å². The number of anilines is 4. The fraction of sp³-hybridized carbons (Fsp3) is 0.318. The molecule has 10 nitrogen and oxygen atoms in total. The zero-order valence-corrected chi connectivity index (χ0v) is 17.9. The predicted molar refractivity (Wildman–Crippen MR) is 121 cm³/mol. The van der Waals surface area contributed by atoms with Crippen LogP contribution >= 0.6 is 0 Å². The number of nitrogens with zero attached hydrogens (tertiary/aromatic N) is 5. The molecule has 164 valence electrons. The Kier molecular flexibility index (Phi) is 4.96. The highest BCUT2D eigenvalue weighted by molar-refractivity contribution is 6.02. The lowest BCUT2D eigenvalue weighted by atomic mass is 10.1. The molecule has 2 aromatic heterocycles. The number of rotatable bonds is 5. The molecule has 10 heteroatoms. The Morgan fingerprint density at radius 2 is 2.00 bits per heavy atom. The monoisotopic (exact) mass is 432 g/mol. The summed E-state index contributed by atoms with van der Waals surface area (Å²) in [6.07, 6.45) is 5.02. The molecular formula is C22H24N8O2. The average molecular weight is 432 g/mol. The molecule has 0 saturated heterocycles. The molecular weight excluding hydrogens is 408 g/mol. The summed E-state index contributed by atoms with van der Waals surface area (Å²) in [6, 6.07) is 7.60. The molecule has 1 aliphatic carbocycles. The molecule has 0 atom stereocenters. The minimum Gasteiger partial charge on any atom is -0.371 e. The first-order valence-electron chi connectivity index (χ1n) is 10.6. The number of fused-ring (bicyclic) bond motifs is 3. The van der Waals surface area contributed by atoms with Crippen molar-refractivity contribution in [1.29, 1.82) is 0 Å². The molecule has 3 N–H and O–H groups in total. The first-order chi connectivity index (χ1) is 15.5. The van der Waals surface area contributed by atoms with Gasteiger partial charge < -0.3 is 25.4 Å². The predicted octanol–water partition coefficient (Wildman–Crippen LogP) is 2.24. The lowest BCUT2D eigenvalue weighted by molar-refractivity contribution is -0.117. The molecule has 2 amide bonds. The molecule has 1 fully saturated rings. The van der Waals surface area contributed by atoms with Crippen LogP contribution in [0.4, 0.5) is 22.9 Å². The second kappa shape index (κ2) is 7.95. The number of carbonyl (C=O) groups is 2. The smallest absolute Gasteiger partial charge is 0.254 e. The van der Waals surface area contributed by atoms with Crippen LogP contribution in [0.2, 0.25) is 0 Å². The SMILES string of the molecule is CNC(=O)c1cnc(NC(=O)C2CC2)cc1Nc1cccc2c1N(C)CCn1cnnc1-2. The highest BCUT2D eigenvalue weighted by atomic mass is 16.2. The van der Waals surface area contributed by atoms with Gasteiger partial charge in [-0.15, -0.1) is 10.2 Å². The van der Waals surface area contributed by atoms with Gasteiger partial charge in [0.25, 0.3) is 5.91 Å². The van der Waals surface area contributed by atoms with E-state index < -0.39 is 0 Å². The van der Waals surface area contributed by atoms with Gasteiger partial charge in [0, 0.05) is 50.9 Å². The lowest BCUT2D eigenvalue weighted by Gasteiger charge is -2.23. The van der Waals surface area contributed by atoms with E-state index in [2.05, 4.69) is 36.0 Å². The summed E-state index contributed by atoms with van der Waals surface area (Å²) in [5.74, 6) is 0.959. The molecule has 3 heterocycles. The number of amides is 2. The largest absolute Gasteiger partial charge is 0.371 e. The third-order valence-corrected chi connectivity index (χ3v) is 5.79. The van der Waals surface area contributed by atoms with E-state index in [-0.39, 0.29) is 17.7 Å². The molecule has 3 aromatic rings. The summed E-state index contributed by atoms with van der Waals surface area (Å²) in [7, 11) is 3.60. The van der Waals surface area contributed by atoms with E-state index in [1.807, 2.05) is 29.8 Å². The minimum absolute atomic E-state index is 0.0382. The van der Waals surface area contributed by atoms with Gasteiger partial charge >= 0.3 is 0 Å². The molecule has 2 aliphatic rings. The molecule has 5 rings (SSSR count). The Balaban J connectivity index is 1.55. The second-order valence-corrected chi connectivity index (χ2v) is 8.05. The second-order valence-electron chi connectivity index (χ2n) is 8.05. The molecule has 1 aromatic carbocycles. The van der Waals surface area contributed by atoms with Gasteiger partial charge in [0.2, 0.25) is 5.91 Å². The summed E-state index contributed by atoms with van der Waals surface area (Å²) in [5, 5.41) is 17.3. The summed E-state index contributed by atoms with van der Waals surface area (Å²) in [4.78, 5) is 31.1. The third kappa shape index (κ3) is 3.64. The number of aromatic nitrogens is 4. The van der Waals surface area contributed by atoms with Crippen molar-refractivity contribution < 1.29 is 9.59 Å². The third-order valence-electron chi connectivity index (χ3n) is 5.79. The van der Waals surface area contributed by atoms with Crippen molar-refractivity contribution in [3.8, 4) is 11.4 Å². The van der Waals surface area contributed by atoms with Crippen LogP contribution in [0, 0.1) is 5.92 Å². The fourth-order valence-electron chi connectivity index (χ4n) is 3.89. The zero-order valence-electron chi connectivity index (χ0n) is 17.9. The zero-order chi connectivity index (χ0) is 22.2. The van der Waals surface area contributed by atoms with Crippen LogP contribution in [0.15, 0.2) is 36.8 Å². The van der Waals surface area contributed by atoms with Crippen molar-refractivity contribution in [2.75, 3.05) is 36.2 Å². The fourth-order valence-corrected chi connectivity index (χ4v) is 3.89. The minimum atomic E-state index is -0.268. The van der Waals surface area contributed by atoms with Crippen molar-refractivity contribution in [3.05, 3.63) is 42.4 Å². The molecule has 0 spiro atoms. The van der Waals surface area contributed by atoms with E-state index in [9.17, 15) is 9.59 Å². The summed E-state index contributed by atoms with van der Waals surface area (Å²) in [5.41, 5.74) is 3.66. The van der Waals surface area contributed by atoms with E-state index >= 15 is 0 Å². The van der Waals surface area contributed by atoms with Crippen LogP contribution in [0.5, 0.6) is 0 Å².